The highest BCUT2D eigenvalue weighted by Crippen LogP contribution is 2.03. The maximum absolute atomic E-state index is 5.19. The number of nitrogens with zero attached hydrogens (tertiary/aromatic N) is 2. The van der Waals surface area contributed by atoms with Crippen LogP contribution >= 0.6 is 0 Å². The average molecular weight is 261 g/mol. The Morgan fingerprint density at radius 3 is 2.79 bits per heavy atom. The van der Waals surface area contributed by atoms with Crippen LogP contribution in [0.3, 0.4) is 0 Å². The highest BCUT2D eigenvalue weighted by Gasteiger charge is 1.99. The molecule has 102 valence electrons. The van der Waals surface area contributed by atoms with Gasteiger partial charge in [0.2, 0.25) is 0 Å². The average Bonchev–Trinajstić information content (AvgIpc) is 2.87. The van der Waals surface area contributed by atoms with Crippen molar-refractivity contribution in [2.45, 2.75) is 13.1 Å². The van der Waals surface area contributed by atoms with Crippen LogP contribution in [0.1, 0.15) is 11.1 Å². The second kappa shape index (κ2) is 7.68. The number of hydrogen-bond acceptors (Lipinski definition) is 4. The van der Waals surface area contributed by atoms with Crippen LogP contribution in [-0.4, -0.2) is 30.1 Å². The lowest BCUT2D eigenvalue weighted by Gasteiger charge is -2.03. The van der Waals surface area contributed by atoms with Crippen LogP contribution in [0, 0.1) is 0 Å². The van der Waals surface area contributed by atoms with Crippen molar-refractivity contribution < 1.29 is 9.57 Å². The number of aromatic nitrogens is 2. The van der Waals surface area contributed by atoms with Crippen molar-refractivity contribution in [1.82, 2.24) is 15.3 Å². The Balaban J connectivity index is 1.76. The van der Waals surface area contributed by atoms with Gasteiger partial charge in [-0.05, 0) is 5.56 Å². The van der Waals surface area contributed by atoms with Crippen LogP contribution in [0.2, 0.25) is 0 Å². The summed E-state index contributed by atoms with van der Waals surface area (Å²) in [5.74, 6) is 0. The topological polar surface area (TPSA) is 48.3 Å². The van der Waals surface area contributed by atoms with Crippen LogP contribution in [0.4, 0.5) is 0 Å². The van der Waals surface area contributed by atoms with Crippen LogP contribution < -0.4 is 5.48 Å². The molecular weight excluding hydrogens is 242 g/mol. The van der Waals surface area contributed by atoms with E-state index in [4.69, 9.17) is 9.57 Å². The summed E-state index contributed by atoms with van der Waals surface area (Å²) in [7, 11) is 1.65. The predicted octanol–water partition coefficient (Wildman–Crippen LogP) is 1.60. The molecule has 1 N–H and O–H groups in total. The Morgan fingerprint density at radius 1 is 1.16 bits per heavy atom. The van der Waals surface area contributed by atoms with Crippen LogP contribution in [-0.2, 0) is 22.7 Å². The molecule has 0 spiro atoms. The zero-order chi connectivity index (χ0) is 13.3. The quantitative estimate of drug-likeness (QED) is 0.579. The third-order valence-electron chi connectivity index (χ3n) is 2.64. The molecule has 19 heavy (non-hydrogen) atoms. The molecule has 0 bridgehead atoms. The normalized spacial score (nSPS) is 10.8. The molecule has 2 aromatic rings. The summed E-state index contributed by atoms with van der Waals surface area (Å²) in [5, 5.41) is 4.32. The van der Waals surface area contributed by atoms with E-state index in [1.54, 1.807) is 7.11 Å². The van der Waals surface area contributed by atoms with Gasteiger partial charge in [-0.2, -0.15) is 10.6 Å². The molecule has 5 heteroatoms. The van der Waals surface area contributed by atoms with Gasteiger partial charge in [0.1, 0.15) is 0 Å². The van der Waals surface area contributed by atoms with Gasteiger partial charge in [-0.15, -0.1) is 0 Å². The van der Waals surface area contributed by atoms with Gasteiger partial charge in [-0.25, -0.2) is 0 Å². The number of nitrogens with one attached hydrogen (secondary N) is 1. The fourth-order valence-electron chi connectivity index (χ4n) is 1.69. The van der Waals surface area contributed by atoms with Crippen molar-refractivity contribution >= 4 is 0 Å². The summed E-state index contributed by atoms with van der Waals surface area (Å²) in [6.07, 6.45) is 3.86. The second-order valence-electron chi connectivity index (χ2n) is 4.19. The van der Waals surface area contributed by atoms with Crippen molar-refractivity contribution in [2.24, 2.45) is 0 Å². The molecule has 5 nitrogen and oxygen atoms in total. The first-order chi connectivity index (χ1) is 9.38. The Morgan fingerprint density at radius 2 is 2.00 bits per heavy atom. The van der Waals surface area contributed by atoms with Gasteiger partial charge in [0.15, 0.2) is 0 Å². The molecule has 1 aromatic heterocycles. The molecule has 0 aliphatic heterocycles. The fraction of sp³-hybridized carbons (Fsp3) is 0.357. The van der Waals surface area contributed by atoms with E-state index in [0.717, 1.165) is 12.1 Å². The van der Waals surface area contributed by atoms with E-state index in [0.29, 0.717) is 19.8 Å². The van der Waals surface area contributed by atoms with E-state index < -0.39 is 0 Å². The summed E-state index contributed by atoms with van der Waals surface area (Å²) >= 11 is 0. The van der Waals surface area contributed by atoms with E-state index in [9.17, 15) is 0 Å². The smallest absolute Gasteiger partial charge is 0.0916 e. The highest BCUT2D eigenvalue weighted by atomic mass is 16.7. The van der Waals surface area contributed by atoms with Gasteiger partial charge < -0.3 is 4.74 Å². The molecule has 0 unspecified atom stereocenters. The summed E-state index contributed by atoms with van der Waals surface area (Å²) in [6, 6.07) is 10.3. The third-order valence-corrected chi connectivity index (χ3v) is 2.64. The SMILES string of the molecule is COCCONCc1cnn(Cc2ccccc2)c1. The Bertz CT molecular complexity index is 471. The Hall–Kier alpha value is -1.69. The van der Waals surface area contributed by atoms with Crippen LogP contribution in [0.5, 0.6) is 0 Å². The van der Waals surface area contributed by atoms with E-state index in [1.165, 1.54) is 5.56 Å². The number of hydroxylamine groups is 1. The molecule has 0 saturated heterocycles. The van der Waals surface area contributed by atoms with E-state index in [1.807, 2.05) is 35.3 Å². The van der Waals surface area contributed by atoms with Gasteiger partial charge in [0.05, 0.1) is 26.0 Å². The molecule has 0 atom stereocenters. The summed E-state index contributed by atoms with van der Waals surface area (Å²) in [6.45, 7) is 2.54. The predicted molar refractivity (Wildman–Crippen MR) is 72.4 cm³/mol. The molecule has 0 amide bonds. The van der Waals surface area contributed by atoms with Crippen LogP contribution in [0.25, 0.3) is 0 Å². The first-order valence-corrected chi connectivity index (χ1v) is 6.27. The summed E-state index contributed by atoms with van der Waals surface area (Å²) in [4.78, 5) is 5.19. The number of hydrogen-bond donors (Lipinski definition) is 1. The maximum Gasteiger partial charge on any atom is 0.0916 e. The van der Waals surface area contributed by atoms with Gasteiger partial charge in [0, 0.05) is 25.4 Å². The first kappa shape index (κ1) is 13.7. The summed E-state index contributed by atoms with van der Waals surface area (Å²) in [5.41, 5.74) is 5.21. The van der Waals surface area contributed by atoms with Crippen LogP contribution in [0.15, 0.2) is 42.7 Å². The molecular formula is C14H19N3O2. The lowest BCUT2D eigenvalue weighted by molar-refractivity contribution is 0.00345. The number of rotatable bonds is 8. The number of methoxy groups -OCH3 is 1. The van der Waals surface area contributed by atoms with E-state index in [2.05, 4.69) is 22.7 Å². The lowest BCUT2D eigenvalue weighted by atomic mass is 10.2. The number of benzene rings is 1. The Labute approximate surface area is 113 Å². The third kappa shape index (κ3) is 4.82. The molecule has 0 radical (unpaired) electrons. The zero-order valence-electron chi connectivity index (χ0n) is 11.1. The van der Waals surface area contributed by atoms with Crippen molar-refractivity contribution in [3.05, 3.63) is 53.9 Å². The van der Waals surface area contributed by atoms with Crippen molar-refractivity contribution in [3.8, 4) is 0 Å². The van der Waals surface area contributed by atoms with Crippen molar-refractivity contribution in [1.29, 1.82) is 0 Å². The van der Waals surface area contributed by atoms with E-state index >= 15 is 0 Å². The van der Waals surface area contributed by atoms with Gasteiger partial charge in [0.25, 0.3) is 0 Å². The minimum absolute atomic E-state index is 0.536. The van der Waals surface area contributed by atoms with Crippen molar-refractivity contribution in [3.63, 3.8) is 0 Å². The zero-order valence-corrected chi connectivity index (χ0v) is 11.1. The molecule has 0 aliphatic rings. The summed E-state index contributed by atoms with van der Waals surface area (Å²) < 4.78 is 6.80. The Kier molecular flexibility index (Phi) is 5.55. The highest BCUT2D eigenvalue weighted by molar-refractivity contribution is 5.15. The maximum atomic E-state index is 5.19. The van der Waals surface area contributed by atoms with Crippen molar-refractivity contribution in [2.75, 3.05) is 20.3 Å². The monoisotopic (exact) mass is 261 g/mol. The van der Waals surface area contributed by atoms with Gasteiger partial charge >= 0.3 is 0 Å². The molecule has 0 fully saturated rings. The first-order valence-electron chi connectivity index (χ1n) is 6.27. The molecule has 2 rings (SSSR count). The lowest BCUT2D eigenvalue weighted by Crippen LogP contribution is -2.16. The standard InChI is InChI=1S/C14H19N3O2/c1-18-7-8-19-16-10-14-9-15-17(12-14)11-13-5-3-2-4-6-13/h2-6,9,12,16H,7-8,10-11H2,1H3. The largest absolute Gasteiger partial charge is 0.382 e. The van der Waals surface area contributed by atoms with Gasteiger partial charge in [-0.3, -0.25) is 9.52 Å². The van der Waals surface area contributed by atoms with E-state index in [-0.39, 0.29) is 0 Å². The fourth-order valence-corrected chi connectivity index (χ4v) is 1.69. The second-order valence-corrected chi connectivity index (χ2v) is 4.19. The molecule has 1 aromatic carbocycles. The van der Waals surface area contributed by atoms with Gasteiger partial charge in [-0.1, -0.05) is 30.3 Å². The molecule has 0 saturated carbocycles. The minimum atomic E-state index is 0.536. The molecule has 0 aliphatic carbocycles. The molecule has 1 heterocycles. The number of ether oxygens (including phenoxy) is 1. The minimum Gasteiger partial charge on any atom is -0.382 e.